The summed E-state index contributed by atoms with van der Waals surface area (Å²) in [6, 6.07) is 15.9. The van der Waals surface area contributed by atoms with Crippen LogP contribution in [0.5, 0.6) is 0 Å². The molecule has 1 aliphatic rings. The lowest BCUT2D eigenvalue weighted by Gasteiger charge is -2.26. The quantitative estimate of drug-likeness (QED) is 0.769. The molecule has 0 aliphatic carbocycles. The van der Waals surface area contributed by atoms with E-state index in [0.29, 0.717) is 31.1 Å². The lowest BCUT2D eigenvalue weighted by molar-refractivity contribution is 0.360. The Morgan fingerprint density at radius 2 is 1.85 bits per heavy atom. The molecule has 5 nitrogen and oxygen atoms in total. The van der Waals surface area contributed by atoms with Crippen molar-refractivity contribution in [3.05, 3.63) is 65.9 Å². The molecular weight excluding hydrogens is 346 g/mol. The summed E-state index contributed by atoms with van der Waals surface area (Å²) in [5, 5.41) is 4.14. The second-order valence-electron chi connectivity index (χ2n) is 6.81. The van der Waals surface area contributed by atoms with Crippen molar-refractivity contribution in [2.24, 2.45) is 0 Å². The van der Waals surface area contributed by atoms with E-state index in [4.69, 9.17) is 0 Å². The number of benzene rings is 2. The van der Waals surface area contributed by atoms with E-state index >= 15 is 0 Å². The fourth-order valence-electron chi connectivity index (χ4n) is 3.52. The van der Waals surface area contributed by atoms with Gasteiger partial charge in [-0.3, -0.25) is 0 Å². The first-order valence-electron chi connectivity index (χ1n) is 8.89. The summed E-state index contributed by atoms with van der Waals surface area (Å²) < 4.78 is 29.4. The normalized spacial score (nSPS) is 16.2. The Labute approximate surface area is 154 Å². The van der Waals surface area contributed by atoms with E-state index in [1.807, 2.05) is 18.3 Å². The number of hydrogen-bond donors (Lipinski definition) is 1. The maximum Gasteiger partial charge on any atom is 0.243 e. The van der Waals surface area contributed by atoms with Crippen LogP contribution < -0.4 is 5.32 Å². The Morgan fingerprint density at radius 1 is 1.04 bits per heavy atom. The molecule has 0 amide bonds. The highest BCUT2D eigenvalue weighted by Gasteiger charge is 2.26. The summed E-state index contributed by atoms with van der Waals surface area (Å²) in [4.78, 5) is 0.375. The van der Waals surface area contributed by atoms with Crippen LogP contribution in [0.2, 0.25) is 0 Å². The van der Waals surface area contributed by atoms with Crippen LogP contribution in [-0.4, -0.2) is 43.5 Å². The summed E-state index contributed by atoms with van der Waals surface area (Å²) in [7, 11) is -3.42. The molecule has 0 unspecified atom stereocenters. The molecule has 26 heavy (non-hydrogen) atoms. The molecule has 1 aliphatic heterocycles. The molecule has 2 aromatic carbocycles. The third-order valence-electron chi connectivity index (χ3n) is 4.89. The van der Waals surface area contributed by atoms with Gasteiger partial charge in [-0.05, 0) is 36.8 Å². The zero-order chi connectivity index (χ0) is 18.1. The van der Waals surface area contributed by atoms with Gasteiger partial charge in [0, 0.05) is 49.8 Å². The summed E-state index contributed by atoms with van der Waals surface area (Å²) in [5.41, 5.74) is 3.52. The second-order valence-corrected chi connectivity index (χ2v) is 8.75. The predicted molar refractivity (Wildman–Crippen MR) is 104 cm³/mol. The molecule has 0 atom stereocenters. The first-order chi connectivity index (χ1) is 12.5. The number of fused-ring (bicyclic) bond motifs is 1. The molecule has 1 N–H and O–H groups in total. The van der Waals surface area contributed by atoms with Crippen molar-refractivity contribution in [2.75, 3.05) is 26.2 Å². The van der Waals surface area contributed by atoms with E-state index in [1.165, 1.54) is 11.1 Å². The lowest BCUT2D eigenvalue weighted by Crippen LogP contribution is -2.46. The minimum Gasteiger partial charge on any atom is -0.343 e. The highest BCUT2D eigenvalue weighted by molar-refractivity contribution is 7.89. The fourth-order valence-corrected chi connectivity index (χ4v) is 4.99. The maximum absolute atomic E-state index is 12.9. The topological polar surface area (TPSA) is 54.3 Å². The van der Waals surface area contributed by atoms with Gasteiger partial charge in [0.05, 0.1) is 4.90 Å². The van der Waals surface area contributed by atoms with Crippen LogP contribution in [0.25, 0.3) is 10.9 Å². The van der Waals surface area contributed by atoms with Gasteiger partial charge in [0.1, 0.15) is 0 Å². The van der Waals surface area contributed by atoms with E-state index in [2.05, 4.69) is 41.1 Å². The minimum atomic E-state index is -3.42. The monoisotopic (exact) mass is 369 g/mol. The van der Waals surface area contributed by atoms with Crippen molar-refractivity contribution in [3.8, 4) is 0 Å². The van der Waals surface area contributed by atoms with E-state index in [-0.39, 0.29) is 0 Å². The number of sulfonamides is 1. The van der Waals surface area contributed by atoms with E-state index < -0.39 is 10.0 Å². The molecule has 0 radical (unpaired) electrons. The summed E-state index contributed by atoms with van der Waals surface area (Å²) in [6.07, 6.45) is 2.02. The molecule has 1 aromatic heterocycles. The number of nitrogens with zero attached hydrogens (tertiary/aromatic N) is 2. The Hall–Kier alpha value is -2.15. The van der Waals surface area contributed by atoms with Crippen molar-refractivity contribution >= 4 is 20.9 Å². The van der Waals surface area contributed by atoms with Crippen molar-refractivity contribution in [1.82, 2.24) is 14.2 Å². The molecule has 4 rings (SSSR count). The van der Waals surface area contributed by atoms with Crippen LogP contribution in [0.3, 0.4) is 0 Å². The molecule has 0 bridgehead atoms. The van der Waals surface area contributed by atoms with Gasteiger partial charge < -0.3 is 9.88 Å². The summed E-state index contributed by atoms with van der Waals surface area (Å²) in [5.74, 6) is 0. The zero-order valence-corrected chi connectivity index (χ0v) is 15.7. The lowest BCUT2D eigenvalue weighted by atomic mass is 10.1. The van der Waals surface area contributed by atoms with Crippen molar-refractivity contribution in [3.63, 3.8) is 0 Å². The molecule has 2 heterocycles. The van der Waals surface area contributed by atoms with E-state index in [9.17, 15) is 8.42 Å². The molecule has 3 aromatic rings. The molecular formula is C20H23N3O2S. The predicted octanol–water partition coefficient (Wildman–Crippen LogP) is 2.59. The van der Waals surface area contributed by atoms with E-state index in [1.54, 1.807) is 16.4 Å². The average molecular weight is 369 g/mol. The van der Waals surface area contributed by atoms with Gasteiger partial charge in [0.2, 0.25) is 10.0 Å². The summed E-state index contributed by atoms with van der Waals surface area (Å²) >= 11 is 0. The van der Waals surface area contributed by atoms with Crippen molar-refractivity contribution < 1.29 is 8.42 Å². The van der Waals surface area contributed by atoms with Gasteiger partial charge in [-0.2, -0.15) is 4.31 Å². The smallest absolute Gasteiger partial charge is 0.243 e. The molecule has 6 heteroatoms. The molecule has 1 fully saturated rings. The number of rotatable bonds is 4. The number of aryl methyl sites for hydroxylation is 1. The van der Waals surface area contributed by atoms with Crippen LogP contribution in [0.4, 0.5) is 0 Å². The fraction of sp³-hybridized carbons (Fsp3) is 0.300. The van der Waals surface area contributed by atoms with Crippen LogP contribution >= 0.6 is 0 Å². The van der Waals surface area contributed by atoms with Crippen LogP contribution in [0.1, 0.15) is 11.1 Å². The van der Waals surface area contributed by atoms with Gasteiger partial charge in [-0.25, -0.2) is 8.42 Å². The molecule has 0 saturated carbocycles. The number of hydrogen-bond acceptors (Lipinski definition) is 3. The molecule has 136 valence electrons. The number of piperazine rings is 1. The van der Waals surface area contributed by atoms with Gasteiger partial charge in [-0.15, -0.1) is 0 Å². The third-order valence-corrected chi connectivity index (χ3v) is 6.79. The molecule has 1 saturated heterocycles. The summed E-state index contributed by atoms with van der Waals surface area (Å²) in [6.45, 7) is 5.31. The third kappa shape index (κ3) is 3.28. The first-order valence-corrected chi connectivity index (χ1v) is 10.3. The standard InChI is InChI=1S/C20H23N3O2S/c1-16-3-2-4-17(13-16)15-22-10-7-18-14-19(5-6-20(18)22)26(24,25)23-11-8-21-9-12-23/h2-7,10,13-14,21H,8-9,11-12,15H2,1H3. The van der Waals surface area contributed by atoms with Crippen molar-refractivity contribution in [2.45, 2.75) is 18.4 Å². The Kier molecular flexibility index (Phi) is 4.56. The first kappa shape index (κ1) is 17.3. The van der Waals surface area contributed by atoms with E-state index in [0.717, 1.165) is 17.4 Å². The largest absolute Gasteiger partial charge is 0.343 e. The minimum absolute atomic E-state index is 0.375. The Morgan fingerprint density at radius 3 is 2.62 bits per heavy atom. The van der Waals surface area contributed by atoms with Crippen LogP contribution in [0.15, 0.2) is 59.6 Å². The number of aromatic nitrogens is 1. The highest BCUT2D eigenvalue weighted by Crippen LogP contribution is 2.24. The molecule has 0 spiro atoms. The Balaban J connectivity index is 1.65. The highest BCUT2D eigenvalue weighted by atomic mass is 32.2. The number of nitrogens with one attached hydrogen (secondary N) is 1. The second kappa shape index (κ2) is 6.87. The SMILES string of the molecule is Cc1cccc(Cn2ccc3cc(S(=O)(=O)N4CCNCC4)ccc32)c1. The average Bonchev–Trinajstić information content (AvgIpc) is 3.05. The zero-order valence-electron chi connectivity index (χ0n) is 14.9. The van der Waals surface area contributed by atoms with Crippen molar-refractivity contribution in [1.29, 1.82) is 0 Å². The van der Waals surface area contributed by atoms with Crippen LogP contribution in [0, 0.1) is 6.92 Å². The van der Waals surface area contributed by atoms with Gasteiger partial charge in [0.15, 0.2) is 0 Å². The Bertz CT molecular complexity index is 1030. The van der Waals surface area contributed by atoms with Gasteiger partial charge in [0.25, 0.3) is 0 Å². The van der Waals surface area contributed by atoms with Crippen LogP contribution in [-0.2, 0) is 16.6 Å². The maximum atomic E-state index is 12.9. The van der Waals surface area contributed by atoms with Gasteiger partial charge >= 0.3 is 0 Å². The van der Waals surface area contributed by atoms with Gasteiger partial charge in [-0.1, -0.05) is 29.8 Å².